The molecule has 90 valence electrons. The van der Waals surface area contributed by atoms with Crippen molar-refractivity contribution >= 4 is 0 Å². The highest BCUT2D eigenvalue weighted by Crippen LogP contribution is 2.36. The molecule has 0 heterocycles. The van der Waals surface area contributed by atoms with Gasteiger partial charge in [0, 0.05) is 5.54 Å². The number of aliphatic hydroxyl groups excluding tert-OH is 1. The topological polar surface area (TPSA) is 46.2 Å². The first kappa shape index (κ1) is 13.0. The lowest BCUT2D eigenvalue weighted by molar-refractivity contribution is 0.148. The van der Waals surface area contributed by atoms with Crippen molar-refractivity contribution < 1.29 is 5.11 Å². The van der Waals surface area contributed by atoms with Gasteiger partial charge in [0.25, 0.3) is 0 Å². The van der Waals surface area contributed by atoms with Crippen molar-refractivity contribution in [3.8, 4) is 0 Å². The van der Waals surface area contributed by atoms with Crippen LogP contribution in [0.2, 0.25) is 0 Å². The van der Waals surface area contributed by atoms with Gasteiger partial charge in [-0.3, -0.25) is 0 Å². The van der Waals surface area contributed by atoms with E-state index in [0.29, 0.717) is 0 Å². The second-order valence-electron chi connectivity index (χ2n) is 6.04. The Morgan fingerprint density at radius 2 is 1.80 bits per heavy atom. The molecule has 1 aliphatic rings. The molecule has 0 saturated heterocycles. The van der Waals surface area contributed by atoms with Crippen molar-refractivity contribution in [3.63, 3.8) is 0 Å². The van der Waals surface area contributed by atoms with Gasteiger partial charge < -0.3 is 10.8 Å². The molecule has 0 amide bonds. The van der Waals surface area contributed by atoms with Crippen LogP contribution in [0.1, 0.15) is 52.9 Å². The van der Waals surface area contributed by atoms with E-state index in [1.54, 1.807) is 0 Å². The second kappa shape index (κ2) is 5.31. The van der Waals surface area contributed by atoms with E-state index in [4.69, 9.17) is 10.8 Å². The molecular weight excluding hydrogens is 186 g/mol. The Morgan fingerprint density at radius 3 is 2.20 bits per heavy atom. The van der Waals surface area contributed by atoms with Crippen LogP contribution < -0.4 is 5.73 Å². The lowest BCUT2D eigenvalue weighted by atomic mass is 9.73. The van der Waals surface area contributed by atoms with Crippen LogP contribution in [0.25, 0.3) is 0 Å². The van der Waals surface area contributed by atoms with E-state index in [2.05, 4.69) is 13.8 Å². The third-order valence-electron chi connectivity index (χ3n) is 3.95. The van der Waals surface area contributed by atoms with Gasteiger partial charge in [0.1, 0.15) is 0 Å². The summed E-state index contributed by atoms with van der Waals surface area (Å²) in [7, 11) is 0. The molecule has 2 nitrogen and oxygen atoms in total. The summed E-state index contributed by atoms with van der Waals surface area (Å²) in [5, 5.41) is 9.14. The summed E-state index contributed by atoms with van der Waals surface area (Å²) >= 11 is 0. The molecule has 1 fully saturated rings. The highest BCUT2D eigenvalue weighted by Gasteiger charge is 2.28. The summed E-state index contributed by atoms with van der Waals surface area (Å²) in [6.07, 6.45) is 6.28. The molecule has 1 rings (SSSR count). The van der Waals surface area contributed by atoms with Gasteiger partial charge in [0.05, 0.1) is 6.61 Å². The van der Waals surface area contributed by atoms with E-state index in [1.165, 1.54) is 25.7 Å². The van der Waals surface area contributed by atoms with Gasteiger partial charge in [0.15, 0.2) is 0 Å². The Hall–Kier alpha value is -0.0800. The first-order valence-corrected chi connectivity index (χ1v) is 6.34. The van der Waals surface area contributed by atoms with Crippen molar-refractivity contribution in [2.75, 3.05) is 6.61 Å². The molecule has 3 N–H and O–H groups in total. The van der Waals surface area contributed by atoms with Crippen molar-refractivity contribution in [3.05, 3.63) is 0 Å². The van der Waals surface area contributed by atoms with Crippen LogP contribution in [0.15, 0.2) is 0 Å². The van der Waals surface area contributed by atoms with E-state index in [0.717, 1.165) is 24.2 Å². The molecule has 1 unspecified atom stereocenters. The molecule has 0 aromatic heterocycles. The lowest BCUT2D eigenvalue weighted by Gasteiger charge is -2.34. The minimum Gasteiger partial charge on any atom is -0.394 e. The van der Waals surface area contributed by atoms with Crippen molar-refractivity contribution in [1.82, 2.24) is 0 Å². The summed E-state index contributed by atoms with van der Waals surface area (Å²) in [6.45, 7) is 6.72. The normalized spacial score (nSPS) is 31.6. The van der Waals surface area contributed by atoms with Crippen LogP contribution in [0, 0.1) is 17.8 Å². The Kier molecular flexibility index (Phi) is 4.60. The molecule has 1 atom stereocenters. The summed E-state index contributed by atoms with van der Waals surface area (Å²) in [4.78, 5) is 0. The molecule has 0 aromatic rings. The molecule has 1 saturated carbocycles. The van der Waals surface area contributed by atoms with E-state index in [-0.39, 0.29) is 12.1 Å². The monoisotopic (exact) mass is 213 g/mol. The molecule has 0 aromatic carbocycles. The fourth-order valence-electron chi connectivity index (χ4n) is 2.78. The van der Waals surface area contributed by atoms with Crippen LogP contribution >= 0.6 is 0 Å². The fraction of sp³-hybridized carbons (Fsp3) is 1.00. The molecular formula is C13H27NO. The molecule has 0 radical (unpaired) electrons. The maximum atomic E-state index is 9.14. The Balaban J connectivity index is 2.32. The number of aliphatic hydroxyl groups is 1. The Morgan fingerprint density at radius 1 is 1.27 bits per heavy atom. The average Bonchev–Trinajstić information content (AvgIpc) is 2.18. The minimum absolute atomic E-state index is 0.108. The van der Waals surface area contributed by atoms with Crippen molar-refractivity contribution in [2.24, 2.45) is 23.5 Å². The maximum Gasteiger partial charge on any atom is 0.0608 e. The molecule has 0 spiro atoms. The van der Waals surface area contributed by atoms with E-state index in [1.807, 2.05) is 6.92 Å². The number of nitrogens with two attached hydrogens (primary N) is 1. The third kappa shape index (κ3) is 4.12. The van der Waals surface area contributed by atoms with Crippen LogP contribution in [0.5, 0.6) is 0 Å². The fourth-order valence-corrected chi connectivity index (χ4v) is 2.78. The van der Waals surface area contributed by atoms with Gasteiger partial charge in [-0.1, -0.05) is 26.7 Å². The summed E-state index contributed by atoms with van der Waals surface area (Å²) in [5.74, 6) is 2.48. The summed E-state index contributed by atoms with van der Waals surface area (Å²) in [5.41, 5.74) is 5.63. The molecule has 15 heavy (non-hydrogen) atoms. The minimum atomic E-state index is -0.366. The van der Waals surface area contributed by atoms with E-state index in [9.17, 15) is 0 Å². The summed E-state index contributed by atoms with van der Waals surface area (Å²) in [6, 6.07) is 0. The predicted octanol–water partition coefficient (Wildman–Crippen LogP) is 2.55. The van der Waals surface area contributed by atoms with Crippen molar-refractivity contribution in [2.45, 2.75) is 58.4 Å². The largest absolute Gasteiger partial charge is 0.394 e. The highest BCUT2D eigenvalue weighted by molar-refractivity contribution is 4.84. The number of hydrogen-bond acceptors (Lipinski definition) is 2. The molecule has 2 heteroatoms. The number of rotatable bonds is 4. The third-order valence-corrected chi connectivity index (χ3v) is 3.95. The molecule has 1 aliphatic carbocycles. The zero-order valence-corrected chi connectivity index (χ0v) is 10.5. The standard InChI is InChI=1S/C13H27NO/c1-10(2)12-6-4-11(5-7-12)8-13(3,14)9-15/h10-12,15H,4-9,14H2,1-3H3. The van der Waals surface area contributed by atoms with E-state index < -0.39 is 0 Å². The van der Waals surface area contributed by atoms with Gasteiger partial charge in [-0.05, 0) is 43.9 Å². The predicted molar refractivity (Wildman–Crippen MR) is 64.6 cm³/mol. The second-order valence-corrected chi connectivity index (χ2v) is 6.04. The lowest BCUT2D eigenvalue weighted by Crippen LogP contribution is -2.42. The van der Waals surface area contributed by atoms with Crippen LogP contribution in [-0.4, -0.2) is 17.3 Å². The van der Waals surface area contributed by atoms with Gasteiger partial charge in [-0.2, -0.15) is 0 Å². The van der Waals surface area contributed by atoms with Gasteiger partial charge >= 0.3 is 0 Å². The van der Waals surface area contributed by atoms with Gasteiger partial charge in [0.2, 0.25) is 0 Å². The quantitative estimate of drug-likeness (QED) is 0.754. The Bertz CT molecular complexity index is 181. The first-order valence-electron chi connectivity index (χ1n) is 6.34. The zero-order chi connectivity index (χ0) is 11.5. The molecule has 0 aliphatic heterocycles. The first-order chi connectivity index (χ1) is 6.94. The smallest absolute Gasteiger partial charge is 0.0608 e. The maximum absolute atomic E-state index is 9.14. The SMILES string of the molecule is CC(C)C1CCC(CC(C)(N)CO)CC1. The van der Waals surface area contributed by atoms with Gasteiger partial charge in [-0.25, -0.2) is 0 Å². The summed E-state index contributed by atoms with van der Waals surface area (Å²) < 4.78 is 0. The van der Waals surface area contributed by atoms with Crippen LogP contribution in [0.4, 0.5) is 0 Å². The van der Waals surface area contributed by atoms with Crippen LogP contribution in [0.3, 0.4) is 0 Å². The van der Waals surface area contributed by atoms with Gasteiger partial charge in [-0.15, -0.1) is 0 Å². The molecule has 0 bridgehead atoms. The Labute approximate surface area is 94.2 Å². The number of hydrogen-bond donors (Lipinski definition) is 2. The zero-order valence-electron chi connectivity index (χ0n) is 10.5. The van der Waals surface area contributed by atoms with Crippen molar-refractivity contribution in [1.29, 1.82) is 0 Å². The van der Waals surface area contributed by atoms with Crippen LogP contribution in [-0.2, 0) is 0 Å². The van der Waals surface area contributed by atoms with E-state index >= 15 is 0 Å². The average molecular weight is 213 g/mol. The highest BCUT2D eigenvalue weighted by atomic mass is 16.3.